The molecule has 14 heavy (non-hydrogen) atoms. The summed E-state index contributed by atoms with van der Waals surface area (Å²) >= 11 is 0. The quantitative estimate of drug-likeness (QED) is 0.510. The summed E-state index contributed by atoms with van der Waals surface area (Å²) in [5.74, 6) is -0.0869. The number of hydrogen-bond acceptors (Lipinski definition) is 4. The molecular formula is C8H8N6. The molecule has 0 atom stereocenters. The fourth-order valence-electron chi connectivity index (χ4n) is 1.12. The number of hydrogen-bond donors (Lipinski definition) is 2. The molecule has 0 amide bonds. The molecule has 2 aromatic heterocycles. The molecule has 0 unspecified atom stereocenters. The fourth-order valence-corrected chi connectivity index (χ4v) is 1.12. The number of aromatic nitrogens is 4. The van der Waals surface area contributed by atoms with Crippen molar-refractivity contribution in [1.29, 1.82) is 5.41 Å². The molecule has 0 saturated heterocycles. The lowest BCUT2D eigenvalue weighted by Crippen LogP contribution is -2.16. The molecule has 2 aromatic rings. The SMILES string of the molecule is N=C(N)c1ncccc1-n1cncn1. The molecule has 0 saturated carbocycles. The van der Waals surface area contributed by atoms with E-state index in [2.05, 4.69) is 15.1 Å². The number of nitrogens with one attached hydrogen (secondary N) is 1. The van der Waals surface area contributed by atoms with Crippen molar-refractivity contribution in [3.05, 3.63) is 36.7 Å². The van der Waals surface area contributed by atoms with Gasteiger partial charge in [0.15, 0.2) is 0 Å². The van der Waals surface area contributed by atoms with Crippen LogP contribution in [0.25, 0.3) is 5.69 Å². The van der Waals surface area contributed by atoms with E-state index in [9.17, 15) is 0 Å². The standard InChI is InChI=1S/C8H8N6/c9-8(10)7-6(2-1-3-12-7)14-5-11-4-13-14/h1-5H,(H3,9,10). The van der Waals surface area contributed by atoms with Gasteiger partial charge in [0.25, 0.3) is 0 Å². The Hall–Kier alpha value is -2.24. The van der Waals surface area contributed by atoms with Crippen LogP contribution in [-0.2, 0) is 0 Å². The highest BCUT2D eigenvalue weighted by Crippen LogP contribution is 2.08. The Balaban J connectivity index is 2.58. The molecular weight excluding hydrogens is 180 g/mol. The maximum atomic E-state index is 7.33. The van der Waals surface area contributed by atoms with Gasteiger partial charge in [-0.25, -0.2) is 9.67 Å². The first-order valence-electron chi connectivity index (χ1n) is 3.93. The van der Waals surface area contributed by atoms with E-state index < -0.39 is 0 Å². The van der Waals surface area contributed by atoms with Crippen LogP contribution in [-0.4, -0.2) is 25.6 Å². The van der Waals surface area contributed by atoms with Crippen LogP contribution in [0.1, 0.15) is 5.69 Å². The lowest BCUT2D eigenvalue weighted by atomic mass is 10.3. The maximum Gasteiger partial charge on any atom is 0.144 e. The average Bonchev–Trinajstić information content (AvgIpc) is 2.70. The Labute approximate surface area is 79.9 Å². The Morgan fingerprint density at radius 2 is 2.36 bits per heavy atom. The lowest BCUT2D eigenvalue weighted by Gasteiger charge is -2.04. The van der Waals surface area contributed by atoms with Crippen LogP contribution in [0.15, 0.2) is 31.0 Å². The van der Waals surface area contributed by atoms with Gasteiger partial charge in [0.2, 0.25) is 0 Å². The van der Waals surface area contributed by atoms with Crippen molar-refractivity contribution in [2.75, 3.05) is 0 Å². The van der Waals surface area contributed by atoms with Gasteiger partial charge in [-0.3, -0.25) is 10.4 Å². The molecule has 0 aliphatic carbocycles. The van der Waals surface area contributed by atoms with Crippen molar-refractivity contribution in [1.82, 2.24) is 19.7 Å². The molecule has 0 aromatic carbocycles. The second-order valence-corrected chi connectivity index (χ2v) is 2.62. The van der Waals surface area contributed by atoms with Crippen molar-refractivity contribution >= 4 is 5.84 Å². The van der Waals surface area contributed by atoms with Crippen molar-refractivity contribution in [2.24, 2.45) is 5.73 Å². The molecule has 0 fully saturated rings. The predicted molar refractivity (Wildman–Crippen MR) is 50.2 cm³/mol. The summed E-state index contributed by atoms with van der Waals surface area (Å²) in [5.41, 5.74) is 6.43. The van der Waals surface area contributed by atoms with E-state index >= 15 is 0 Å². The zero-order valence-electron chi connectivity index (χ0n) is 7.25. The fraction of sp³-hybridized carbons (Fsp3) is 0. The number of nitrogens with two attached hydrogens (primary N) is 1. The lowest BCUT2D eigenvalue weighted by molar-refractivity contribution is 0.868. The van der Waals surface area contributed by atoms with Crippen LogP contribution in [0.5, 0.6) is 0 Å². The Morgan fingerprint density at radius 1 is 1.50 bits per heavy atom. The molecule has 0 bridgehead atoms. The minimum absolute atomic E-state index is 0.0869. The normalized spacial score (nSPS) is 10.0. The van der Waals surface area contributed by atoms with Crippen molar-refractivity contribution in [3.63, 3.8) is 0 Å². The van der Waals surface area contributed by atoms with E-state index in [0.717, 1.165) is 0 Å². The molecule has 0 spiro atoms. The summed E-state index contributed by atoms with van der Waals surface area (Å²) in [7, 11) is 0. The van der Waals surface area contributed by atoms with E-state index in [-0.39, 0.29) is 5.84 Å². The summed E-state index contributed by atoms with van der Waals surface area (Å²) in [4.78, 5) is 7.81. The summed E-state index contributed by atoms with van der Waals surface area (Å²) < 4.78 is 1.52. The molecule has 6 nitrogen and oxygen atoms in total. The zero-order chi connectivity index (χ0) is 9.97. The third-order valence-electron chi connectivity index (χ3n) is 1.71. The third-order valence-corrected chi connectivity index (χ3v) is 1.71. The van der Waals surface area contributed by atoms with Gasteiger partial charge in [-0.1, -0.05) is 0 Å². The van der Waals surface area contributed by atoms with E-state index in [1.165, 1.54) is 17.3 Å². The zero-order valence-corrected chi connectivity index (χ0v) is 7.25. The molecule has 0 radical (unpaired) electrons. The largest absolute Gasteiger partial charge is 0.382 e. The number of nitrogen functional groups attached to an aromatic ring is 1. The summed E-state index contributed by atoms with van der Waals surface area (Å²) in [5, 5.41) is 11.3. The van der Waals surface area contributed by atoms with Gasteiger partial charge in [-0.05, 0) is 12.1 Å². The molecule has 0 aliphatic heterocycles. The monoisotopic (exact) mass is 188 g/mol. The highest BCUT2D eigenvalue weighted by atomic mass is 15.3. The highest BCUT2D eigenvalue weighted by Gasteiger charge is 2.07. The molecule has 3 N–H and O–H groups in total. The first kappa shape index (κ1) is 8.36. The Kier molecular flexibility index (Phi) is 1.94. The van der Waals surface area contributed by atoms with Crippen LogP contribution in [0, 0.1) is 5.41 Å². The maximum absolute atomic E-state index is 7.33. The van der Waals surface area contributed by atoms with Gasteiger partial charge in [0, 0.05) is 6.20 Å². The minimum Gasteiger partial charge on any atom is -0.382 e. The smallest absolute Gasteiger partial charge is 0.144 e. The van der Waals surface area contributed by atoms with Gasteiger partial charge in [-0.15, -0.1) is 0 Å². The molecule has 2 rings (SSSR count). The topological polar surface area (TPSA) is 93.5 Å². The first-order valence-corrected chi connectivity index (χ1v) is 3.93. The molecule has 2 heterocycles. The van der Waals surface area contributed by atoms with Crippen LogP contribution < -0.4 is 5.73 Å². The number of rotatable bonds is 2. The van der Waals surface area contributed by atoms with Gasteiger partial charge in [0.05, 0.1) is 5.69 Å². The van der Waals surface area contributed by atoms with Gasteiger partial charge in [-0.2, -0.15) is 5.10 Å². The van der Waals surface area contributed by atoms with Crippen molar-refractivity contribution in [2.45, 2.75) is 0 Å². The van der Waals surface area contributed by atoms with Crippen molar-refractivity contribution < 1.29 is 0 Å². The second-order valence-electron chi connectivity index (χ2n) is 2.62. The molecule has 6 heteroatoms. The van der Waals surface area contributed by atoms with Crippen LogP contribution in [0.2, 0.25) is 0 Å². The summed E-state index contributed by atoms with van der Waals surface area (Å²) in [6.07, 6.45) is 4.53. The molecule has 0 aliphatic rings. The van der Waals surface area contributed by atoms with Crippen LogP contribution in [0.3, 0.4) is 0 Å². The summed E-state index contributed by atoms with van der Waals surface area (Å²) in [6, 6.07) is 3.53. The van der Waals surface area contributed by atoms with Gasteiger partial charge < -0.3 is 5.73 Å². The second kappa shape index (κ2) is 3.25. The van der Waals surface area contributed by atoms with Crippen LogP contribution >= 0.6 is 0 Å². The highest BCUT2D eigenvalue weighted by molar-refractivity contribution is 5.96. The number of amidine groups is 1. The van der Waals surface area contributed by atoms with Crippen molar-refractivity contribution in [3.8, 4) is 5.69 Å². The third kappa shape index (κ3) is 1.33. The van der Waals surface area contributed by atoms with E-state index in [1.54, 1.807) is 18.3 Å². The van der Waals surface area contributed by atoms with Crippen LogP contribution in [0.4, 0.5) is 0 Å². The average molecular weight is 188 g/mol. The molecule has 70 valence electrons. The predicted octanol–water partition coefficient (Wildman–Crippen LogP) is -0.0536. The van der Waals surface area contributed by atoms with Gasteiger partial charge >= 0.3 is 0 Å². The van der Waals surface area contributed by atoms with E-state index in [4.69, 9.17) is 11.1 Å². The Bertz CT molecular complexity index is 447. The Morgan fingerprint density at radius 3 is 3.00 bits per heavy atom. The summed E-state index contributed by atoms with van der Waals surface area (Å²) in [6.45, 7) is 0. The number of pyridine rings is 1. The van der Waals surface area contributed by atoms with E-state index in [1.807, 2.05) is 0 Å². The van der Waals surface area contributed by atoms with E-state index in [0.29, 0.717) is 11.4 Å². The van der Waals surface area contributed by atoms with Gasteiger partial charge in [0.1, 0.15) is 24.2 Å². The first-order chi connectivity index (χ1) is 6.79. The minimum atomic E-state index is -0.0869. The number of nitrogens with zero attached hydrogens (tertiary/aromatic N) is 4.